The summed E-state index contributed by atoms with van der Waals surface area (Å²) in [5, 5.41) is 8.19. The number of ether oxygens (including phenoxy) is 2. The van der Waals surface area contributed by atoms with Gasteiger partial charge in [0, 0.05) is 50.7 Å². The van der Waals surface area contributed by atoms with Crippen LogP contribution in [0.4, 0.5) is 19.0 Å². The molecule has 3 aromatic rings. The van der Waals surface area contributed by atoms with Gasteiger partial charge in [-0.05, 0) is 60.6 Å². The first-order valence-electron chi connectivity index (χ1n) is 14.4. The van der Waals surface area contributed by atoms with E-state index < -0.39 is 11.9 Å². The Bertz CT molecular complexity index is 1500. The zero-order valence-corrected chi connectivity index (χ0v) is 23.5. The van der Waals surface area contributed by atoms with Crippen LogP contribution < -0.4 is 4.90 Å². The molecule has 2 aromatic heterocycles. The lowest BCUT2D eigenvalue weighted by Gasteiger charge is -2.41. The van der Waals surface area contributed by atoms with Crippen molar-refractivity contribution in [2.75, 3.05) is 37.8 Å². The van der Waals surface area contributed by atoms with E-state index in [1.165, 1.54) is 4.90 Å². The molecule has 7 rings (SSSR count). The molecule has 3 fully saturated rings. The van der Waals surface area contributed by atoms with E-state index in [0.29, 0.717) is 37.3 Å². The predicted octanol–water partition coefficient (Wildman–Crippen LogP) is 4.05. The fraction of sp³-hybridized carbons (Fsp3) is 0.533. The lowest BCUT2D eigenvalue weighted by atomic mass is 9.75. The number of rotatable bonds is 6. The van der Waals surface area contributed by atoms with E-state index in [4.69, 9.17) is 9.47 Å². The molecule has 0 radical (unpaired) electrons. The summed E-state index contributed by atoms with van der Waals surface area (Å²) in [5.74, 6) is 0.486. The van der Waals surface area contributed by atoms with E-state index in [2.05, 4.69) is 20.1 Å². The molecule has 1 aromatic carbocycles. The van der Waals surface area contributed by atoms with Crippen molar-refractivity contribution in [3.63, 3.8) is 0 Å². The molecular formula is C30H33F3N6O3. The van der Waals surface area contributed by atoms with Crippen molar-refractivity contribution in [1.82, 2.24) is 24.6 Å². The van der Waals surface area contributed by atoms with E-state index >= 15 is 0 Å². The number of aryl methyl sites for hydroxylation is 1. The van der Waals surface area contributed by atoms with Crippen LogP contribution >= 0.6 is 0 Å². The second kappa shape index (κ2) is 10.1. The monoisotopic (exact) mass is 582 g/mol. The van der Waals surface area contributed by atoms with Gasteiger partial charge in [0.15, 0.2) is 0 Å². The second-order valence-corrected chi connectivity index (χ2v) is 12.2. The third-order valence-electron chi connectivity index (χ3n) is 9.38. The Morgan fingerprint density at radius 2 is 1.88 bits per heavy atom. The van der Waals surface area contributed by atoms with E-state index in [-0.39, 0.29) is 29.3 Å². The Labute approximate surface area is 241 Å². The first kappa shape index (κ1) is 27.5. The maximum atomic E-state index is 14.0. The number of hydrogen-bond donors (Lipinski definition) is 0. The number of nitrogens with zero attached hydrogens (tertiary/aromatic N) is 6. The van der Waals surface area contributed by atoms with Gasteiger partial charge < -0.3 is 14.0 Å². The van der Waals surface area contributed by atoms with Gasteiger partial charge in [-0.1, -0.05) is 12.1 Å². The Kier molecular flexibility index (Phi) is 6.63. The number of pyridine rings is 1. The molecule has 3 saturated heterocycles. The third-order valence-corrected chi connectivity index (χ3v) is 9.38. The van der Waals surface area contributed by atoms with Crippen molar-refractivity contribution < 1.29 is 27.4 Å². The van der Waals surface area contributed by atoms with Crippen LogP contribution in [0.25, 0.3) is 0 Å². The molecule has 6 heterocycles. The summed E-state index contributed by atoms with van der Waals surface area (Å²) in [6.45, 7) is 3.80. The van der Waals surface area contributed by atoms with Gasteiger partial charge in [0.2, 0.25) is 0 Å². The first-order valence-corrected chi connectivity index (χ1v) is 14.4. The minimum Gasteiger partial charge on any atom is -0.379 e. The number of benzene rings is 1. The molecule has 42 heavy (non-hydrogen) atoms. The maximum absolute atomic E-state index is 14.0. The highest BCUT2D eigenvalue weighted by Gasteiger charge is 2.44. The smallest absolute Gasteiger partial charge is 0.379 e. The normalized spacial score (nSPS) is 21.6. The zero-order valence-electron chi connectivity index (χ0n) is 23.5. The van der Waals surface area contributed by atoms with Crippen LogP contribution in [0.15, 0.2) is 36.7 Å². The molecule has 9 nitrogen and oxygen atoms in total. The molecule has 1 amide bonds. The van der Waals surface area contributed by atoms with Crippen molar-refractivity contribution in [3.8, 4) is 0 Å². The molecular weight excluding hydrogens is 549 g/mol. The van der Waals surface area contributed by atoms with Gasteiger partial charge in [-0.15, -0.1) is 10.2 Å². The van der Waals surface area contributed by atoms with Crippen molar-refractivity contribution in [3.05, 3.63) is 70.4 Å². The number of hydrogen-bond acceptors (Lipinski definition) is 7. The average Bonchev–Trinajstić information content (AvgIpc) is 3.66. The topological polar surface area (TPSA) is 85.6 Å². The molecule has 12 heteroatoms. The minimum atomic E-state index is -4.63. The van der Waals surface area contributed by atoms with Crippen LogP contribution in [-0.4, -0.2) is 69.1 Å². The van der Waals surface area contributed by atoms with E-state index in [9.17, 15) is 18.0 Å². The highest BCUT2D eigenvalue weighted by molar-refractivity contribution is 6.09. The summed E-state index contributed by atoms with van der Waals surface area (Å²) in [7, 11) is 1.88. The molecule has 222 valence electrons. The highest BCUT2D eigenvalue weighted by atomic mass is 19.4. The summed E-state index contributed by atoms with van der Waals surface area (Å²) >= 11 is 0. The van der Waals surface area contributed by atoms with Crippen molar-refractivity contribution >= 4 is 11.7 Å². The largest absolute Gasteiger partial charge is 0.433 e. The number of aromatic nitrogens is 4. The number of halogens is 3. The van der Waals surface area contributed by atoms with Crippen LogP contribution in [0.3, 0.4) is 0 Å². The molecule has 4 aliphatic rings. The second-order valence-electron chi connectivity index (χ2n) is 12.2. The highest BCUT2D eigenvalue weighted by Crippen LogP contribution is 2.40. The first-order chi connectivity index (χ1) is 20.1. The van der Waals surface area contributed by atoms with Crippen LogP contribution in [0.1, 0.15) is 64.2 Å². The van der Waals surface area contributed by atoms with Gasteiger partial charge in [-0.25, -0.2) is 4.98 Å². The summed E-state index contributed by atoms with van der Waals surface area (Å²) in [6, 6.07) is 8.48. The SMILES string of the molecule is Cn1cnnc1CC1(c2ccc3c(c2)C(=O)N(c2cc(CN4CCC5(CCCO5)CC4)cc(C(F)(F)F)n2)C3)COC1. The Morgan fingerprint density at radius 1 is 1.07 bits per heavy atom. The number of alkyl halides is 3. The molecule has 0 N–H and O–H groups in total. The number of carbonyl (C=O) groups is 1. The lowest BCUT2D eigenvalue weighted by Crippen LogP contribution is -2.49. The van der Waals surface area contributed by atoms with Crippen LogP contribution in [-0.2, 0) is 47.6 Å². The Hall–Kier alpha value is -3.35. The number of anilines is 1. The van der Waals surface area contributed by atoms with Crippen molar-refractivity contribution in [2.24, 2.45) is 7.05 Å². The number of carbonyl (C=O) groups excluding carboxylic acids is 1. The molecule has 0 atom stereocenters. The Morgan fingerprint density at radius 3 is 2.52 bits per heavy atom. The predicted molar refractivity (Wildman–Crippen MR) is 146 cm³/mol. The molecule has 0 saturated carbocycles. The summed E-state index contributed by atoms with van der Waals surface area (Å²) in [5.41, 5.74) is 1.28. The van der Waals surface area contributed by atoms with Gasteiger partial charge in [-0.2, -0.15) is 13.2 Å². The van der Waals surface area contributed by atoms with Crippen molar-refractivity contribution in [2.45, 2.75) is 62.4 Å². The van der Waals surface area contributed by atoms with Gasteiger partial charge in [0.25, 0.3) is 5.91 Å². The molecule has 0 aliphatic carbocycles. The number of amides is 1. The summed E-state index contributed by atoms with van der Waals surface area (Å²) in [6.07, 6.45) is 1.48. The summed E-state index contributed by atoms with van der Waals surface area (Å²) in [4.78, 5) is 21.1. The van der Waals surface area contributed by atoms with Gasteiger partial charge in [-0.3, -0.25) is 14.6 Å². The fourth-order valence-corrected chi connectivity index (χ4v) is 6.78. The maximum Gasteiger partial charge on any atom is 0.433 e. The van der Waals surface area contributed by atoms with Crippen LogP contribution in [0.5, 0.6) is 0 Å². The van der Waals surface area contributed by atoms with Crippen molar-refractivity contribution in [1.29, 1.82) is 0 Å². The fourth-order valence-electron chi connectivity index (χ4n) is 6.78. The standard InChI is InChI=1S/C30H33F3N6O3/c1-37-19-34-36-26(37)14-28(17-41-18-28)22-4-3-21-16-39(27(40)23(21)13-22)25-12-20(11-24(35-25)30(31,32)33)15-38-8-6-29(7-9-38)5-2-10-42-29/h3-4,11-13,19H,2,5-10,14-18H2,1H3. The van der Waals surface area contributed by atoms with Gasteiger partial charge in [0.05, 0.1) is 25.4 Å². The molecule has 0 unspecified atom stereocenters. The average molecular weight is 583 g/mol. The molecule has 4 aliphatic heterocycles. The third kappa shape index (κ3) is 4.88. The Balaban J connectivity index is 1.14. The molecule has 1 spiro atoms. The van der Waals surface area contributed by atoms with Crippen LogP contribution in [0, 0.1) is 0 Å². The zero-order chi connectivity index (χ0) is 29.1. The van der Waals surface area contributed by atoms with E-state index in [1.54, 1.807) is 12.4 Å². The number of piperidine rings is 1. The lowest BCUT2D eigenvalue weighted by molar-refractivity contribution is -0.141. The van der Waals surface area contributed by atoms with E-state index in [1.807, 2.05) is 29.8 Å². The summed E-state index contributed by atoms with van der Waals surface area (Å²) < 4.78 is 55.4. The minimum absolute atomic E-state index is 0.0240. The van der Waals surface area contributed by atoms with Gasteiger partial charge >= 0.3 is 6.18 Å². The van der Waals surface area contributed by atoms with Crippen LogP contribution in [0.2, 0.25) is 0 Å². The number of likely N-dealkylation sites (tertiary alicyclic amines) is 1. The van der Waals surface area contributed by atoms with E-state index in [0.717, 1.165) is 68.4 Å². The quantitative estimate of drug-likeness (QED) is 0.434. The molecule has 0 bridgehead atoms. The van der Waals surface area contributed by atoms with Gasteiger partial charge in [0.1, 0.15) is 23.7 Å². The number of fused-ring (bicyclic) bond motifs is 1.